The molecule has 7 nitrogen and oxygen atoms in total. The van der Waals surface area contributed by atoms with E-state index in [1.54, 1.807) is 43.3 Å². The van der Waals surface area contributed by atoms with Gasteiger partial charge in [-0.3, -0.25) is 9.52 Å². The summed E-state index contributed by atoms with van der Waals surface area (Å²) in [6.07, 6.45) is -0.853. The van der Waals surface area contributed by atoms with Crippen molar-refractivity contribution in [2.45, 2.75) is 17.9 Å². The molecule has 0 aliphatic heterocycles. The maximum atomic E-state index is 12.6. The molecule has 0 saturated carbocycles. The quantitative estimate of drug-likeness (QED) is 0.448. The third-order valence-corrected chi connectivity index (χ3v) is 6.27. The van der Waals surface area contributed by atoms with Gasteiger partial charge in [-0.2, -0.15) is 0 Å². The number of halogens is 2. The number of amides is 1. The van der Waals surface area contributed by atoms with Gasteiger partial charge in [0.2, 0.25) is 0 Å². The molecule has 0 spiro atoms. The molecular weight excluding hydrogens is 475 g/mol. The van der Waals surface area contributed by atoms with Gasteiger partial charge in [-0.15, -0.1) is 0 Å². The summed E-state index contributed by atoms with van der Waals surface area (Å²) in [7, 11) is -2.27. The zero-order valence-electron chi connectivity index (χ0n) is 17.1. The van der Waals surface area contributed by atoms with Gasteiger partial charge in [0.05, 0.1) is 17.0 Å². The summed E-state index contributed by atoms with van der Waals surface area (Å²) in [6, 6.07) is 16.9. The number of rotatable bonds is 8. The van der Waals surface area contributed by atoms with Crippen molar-refractivity contribution in [3.63, 3.8) is 0 Å². The van der Waals surface area contributed by atoms with Crippen LogP contribution in [0.3, 0.4) is 0 Å². The molecule has 0 aliphatic carbocycles. The van der Waals surface area contributed by atoms with Crippen LogP contribution in [0.4, 0.5) is 11.4 Å². The molecule has 0 saturated heterocycles. The molecule has 10 heteroatoms. The highest BCUT2D eigenvalue weighted by molar-refractivity contribution is 7.92. The molecule has 0 aliphatic rings. The van der Waals surface area contributed by atoms with Crippen LogP contribution in [0.25, 0.3) is 0 Å². The Morgan fingerprint density at radius 1 is 0.938 bits per heavy atom. The van der Waals surface area contributed by atoms with Crippen molar-refractivity contribution in [2.24, 2.45) is 0 Å². The van der Waals surface area contributed by atoms with Crippen LogP contribution in [-0.2, 0) is 14.8 Å². The number of hydrogen-bond donors (Lipinski definition) is 2. The normalized spacial score (nSPS) is 12.0. The molecule has 32 heavy (non-hydrogen) atoms. The molecule has 2 N–H and O–H groups in total. The van der Waals surface area contributed by atoms with E-state index in [9.17, 15) is 13.2 Å². The Morgan fingerprint density at radius 2 is 1.56 bits per heavy atom. The zero-order chi connectivity index (χ0) is 23.3. The van der Waals surface area contributed by atoms with E-state index in [4.69, 9.17) is 32.7 Å². The van der Waals surface area contributed by atoms with Crippen molar-refractivity contribution in [3.05, 3.63) is 76.8 Å². The average Bonchev–Trinajstić information content (AvgIpc) is 2.76. The Kier molecular flexibility index (Phi) is 7.50. The van der Waals surface area contributed by atoms with Gasteiger partial charge in [0, 0.05) is 16.4 Å². The summed E-state index contributed by atoms with van der Waals surface area (Å²) < 4.78 is 38.3. The van der Waals surface area contributed by atoms with E-state index < -0.39 is 22.0 Å². The Bertz CT molecular complexity index is 1200. The third kappa shape index (κ3) is 6.06. The van der Waals surface area contributed by atoms with Crippen LogP contribution in [0.2, 0.25) is 10.0 Å². The number of methoxy groups -OCH3 is 1. The zero-order valence-corrected chi connectivity index (χ0v) is 19.5. The Balaban J connectivity index is 1.63. The molecule has 0 radical (unpaired) electrons. The van der Waals surface area contributed by atoms with E-state index >= 15 is 0 Å². The molecule has 0 aromatic heterocycles. The minimum atomic E-state index is -3.80. The van der Waals surface area contributed by atoms with Crippen LogP contribution < -0.4 is 19.5 Å². The minimum absolute atomic E-state index is 0.0450. The predicted molar refractivity (Wildman–Crippen MR) is 125 cm³/mol. The number of anilines is 2. The molecule has 3 rings (SSSR count). The van der Waals surface area contributed by atoms with Crippen molar-refractivity contribution in [2.75, 3.05) is 17.1 Å². The fourth-order valence-corrected chi connectivity index (χ4v) is 4.16. The highest BCUT2D eigenvalue weighted by Crippen LogP contribution is 2.28. The molecule has 3 aromatic carbocycles. The molecule has 168 valence electrons. The first kappa shape index (κ1) is 23.7. The maximum Gasteiger partial charge on any atom is 0.265 e. The van der Waals surface area contributed by atoms with E-state index in [1.165, 1.54) is 37.4 Å². The predicted octanol–water partition coefficient (Wildman–Crippen LogP) is 5.21. The van der Waals surface area contributed by atoms with Crippen LogP contribution in [0, 0.1) is 0 Å². The first-order chi connectivity index (χ1) is 15.2. The molecule has 0 heterocycles. The van der Waals surface area contributed by atoms with E-state index in [0.29, 0.717) is 27.9 Å². The summed E-state index contributed by atoms with van der Waals surface area (Å²) >= 11 is 11.9. The molecule has 0 bridgehead atoms. The smallest absolute Gasteiger partial charge is 0.265 e. The van der Waals surface area contributed by atoms with Gasteiger partial charge in [-0.1, -0.05) is 23.2 Å². The summed E-state index contributed by atoms with van der Waals surface area (Å²) in [6.45, 7) is 1.57. The fourth-order valence-electron chi connectivity index (χ4n) is 2.65. The standard InChI is InChI=1S/C22H20Cl2N2O5S/c1-14(31-21-12-3-15(23)13-20(21)24)22(27)25-16-6-10-19(11-7-16)32(28,29)26-17-4-8-18(30-2)9-5-17/h3-14,26H,1-2H3,(H,25,27)/t14-/m1/s1. The third-order valence-electron chi connectivity index (χ3n) is 4.34. The molecule has 1 amide bonds. The van der Waals surface area contributed by atoms with Crippen molar-refractivity contribution in [1.82, 2.24) is 0 Å². The van der Waals surface area contributed by atoms with Crippen molar-refractivity contribution >= 4 is 50.5 Å². The summed E-state index contributed by atoms with van der Waals surface area (Å²) in [5.74, 6) is 0.511. The first-order valence-electron chi connectivity index (χ1n) is 9.37. The number of carbonyl (C=O) groups excluding carboxylic acids is 1. The van der Waals surface area contributed by atoms with Gasteiger partial charge in [0.25, 0.3) is 15.9 Å². The summed E-state index contributed by atoms with van der Waals surface area (Å²) in [4.78, 5) is 12.5. The van der Waals surface area contributed by atoms with Gasteiger partial charge in [-0.25, -0.2) is 8.42 Å². The first-order valence-corrected chi connectivity index (χ1v) is 11.6. The van der Waals surface area contributed by atoms with E-state index in [-0.39, 0.29) is 9.92 Å². The number of nitrogens with one attached hydrogen (secondary N) is 2. The summed E-state index contributed by atoms with van der Waals surface area (Å²) in [5, 5.41) is 3.41. The monoisotopic (exact) mass is 494 g/mol. The maximum absolute atomic E-state index is 12.6. The van der Waals surface area contributed by atoms with Crippen LogP contribution in [0.15, 0.2) is 71.6 Å². The van der Waals surface area contributed by atoms with Gasteiger partial charge < -0.3 is 14.8 Å². The lowest BCUT2D eigenvalue weighted by atomic mass is 10.3. The topological polar surface area (TPSA) is 93.7 Å². The molecule has 3 aromatic rings. The van der Waals surface area contributed by atoms with Gasteiger partial charge >= 0.3 is 0 Å². The van der Waals surface area contributed by atoms with Crippen LogP contribution >= 0.6 is 23.2 Å². The lowest BCUT2D eigenvalue weighted by molar-refractivity contribution is -0.122. The van der Waals surface area contributed by atoms with E-state index in [2.05, 4.69) is 10.0 Å². The second kappa shape index (κ2) is 10.1. The van der Waals surface area contributed by atoms with Gasteiger partial charge in [-0.05, 0) is 73.7 Å². The molecule has 0 unspecified atom stereocenters. The minimum Gasteiger partial charge on any atom is -0.497 e. The van der Waals surface area contributed by atoms with Crippen LogP contribution in [0.1, 0.15) is 6.92 Å². The van der Waals surface area contributed by atoms with Crippen LogP contribution in [-0.4, -0.2) is 27.5 Å². The number of benzene rings is 3. The second-order valence-corrected chi connectivity index (χ2v) is 9.21. The highest BCUT2D eigenvalue weighted by atomic mass is 35.5. The van der Waals surface area contributed by atoms with E-state index in [0.717, 1.165) is 0 Å². The Morgan fingerprint density at radius 3 is 2.16 bits per heavy atom. The SMILES string of the molecule is COc1ccc(NS(=O)(=O)c2ccc(NC(=O)[C@@H](C)Oc3ccc(Cl)cc3Cl)cc2)cc1. The lowest BCUT2D eigenvalue weighted by Gasteiger charge is -2.16. The van der Waals surface area contributed by atoms with E-state index in [1.807, 2.05) is 0 Å². The number of carbonyl (C=O) groups is 1. The number of hydrogen-bond acceptors (Lipinski definition) is 5. The lowest BCUT2D eigenvalue weighted by Crippen LogP contribution is -2.30. The fraction of sp³-hybridized carbons (Fsp3) is 0.136. The van der Waals surface area contributed by atoms with Gasteiger partial charge in [0.1, 0.15) is 11.5 Å². The highest BCUT2D eigenvalue weighted by Gasteiger charge is 2.18. The average molecular weight is 495 g/mol. The second-order valence-electron chi connectivity index (χ2n) is 6.68. The van der Waals surface area contributed by atoms with Crippen molar-refractivity contribution in [3.8, 4) is 11.5 Å². The Hall–Kier alpha value is -2.94. The molecule has 1 atom stereocenters. The summed E-state index contributed by atoms with van der Waals surface area (Å²) in [5.41, 5.74) is 0.811. The van der Waals surface area contributed by atoms with Crippen LogP contribution in [0.5, 0.6) is 11.5 Å². The Labute approximate surface area is 196 Å². The molecular formula is C22H20Cl2N2O5S. The van der Waals surface area contributed by atoms with Crippen molar-refractivity contribution in [1.29, 1.82) is 0 Å². The molecule has 0 fully saturated rings. The number of ether oxygens (including phenoxy) is 2. The number of sulfonamides is 1. The largest absolute Gasteiger partial charge is 0.497 e. The van der Waals surface area contributed by atoms with Gasteiger partial charge in [0.15, 0.2) is 6.10 Å². The van der Waals surface area contributed by atoms with Crippen molar-refractivity contribution < 1.29 is 22.7 Å².